The van der Waals surface area contributed by atoms with E-state index < -0.39 is 0 Å². The van der Waals surface area contributed by atoms with Crippen molar-refractivity contribution in [2.75, 3.05) is 12.3 Å². The second-order valence-electron chi connectivity index (χ2n) is 2.87. The molecule has 82 valence electrons. The van der Waals surface area contributed by atoms with Crippen LogP contribution < -0.4 is 5.32 Å². The molecule has 0 bridgehead atoms. The van der Waals surface area contributed by atoms with Crippen molar-refractivity contribution in [3.63, 3.8) is 0 Å². The molecule has 1 rings (SSSR count). The van der Waals surface area contributed by atoms with E-state index >= 15 is 0 Å². The number of amides is 1. The Morgan fingerprint density at radius 3 is 3.07 bits per heavy atom. The predicted octanol–water partition coefficient (Wildman–Crippen LogP) is 3.01. The van der Waals surface area contributed by atoms with Gasteiger partial charge in [0.05, 0.1) is 5.75 Å². The number of thioether (sulfide) groups is 1. The lowest BCUT2D eigenvalue weighted by molar-refractivity contribution is -0.118. The highest BCUT2D eigenvalue weighted by Gasteiger charge is 2.01. The number of halogens is 1. The van der Waals surface area contributed by atoms with Crippen LogP contribution in [0.25, 0.3) is 0 Å². The minimum atomic E-state index is 0.0529. The van der Waals surface area contributed by atoms with Crippen LogP contribution in [0.5, 0.6) is 0 Å². The quantitative estimate of drug-likeness (QED) is 0.875. The van der Waals surface area contributed by atoms with Gasteiger partial charge in [0, 0.05) is 21.7 Å². The van der Waals surface area contributed by atoms with Crippen molar-refractivity contribution >= 4 is 44.9 Å². The van der Waals surface area contributed by atoms with Crippen LogP contribution in [-0.2, 0) is 10.5 Å². The fraction of sp³-hybridized carbons (Fsp3) is 0.300. The van der Waals surface area contributed by atoms with Crippen LogP contribution in [0.2, 0.25) is 0 Å². The first-order chi connectivity index (χ1) is 7.18. The molecule has 2 nitrogen and oxygen atoms in total. The first-order valence-corrected chi connectivity index (χ1v) is 7.21. The molecule has 1 aromatic rings. The average Bonchev–Trinajstić information content (AvgIpc) is 2.67. The first kappa shape index (κ1) is 12.8. The summed E-state index contributed by atoms with van der Waals surface area (Å²) in [7, 11) is 0. The Hall–Kier alpha value is -0.260. The van der Waals surface area contributed by atoms with Gasteiger partial charge in [-0.1, -0.05) is 28.6 Å². The Morgan fingerprint density at radius 1 is 1.67 bits per heavy atom. The van der Waals surface area contributed by atoms with Crippen molar-refractivity contribution in [2.45, 2.75) is 5.75 Å². The smallest absolute Gasteiger partial charge is 0.230 e. The third-order valence-electron chi connectivity index (χ3n) is 1.53. The highest BCUT2D eigenvalue weighted by atomic mass is 79.9. The molecule has 0 unspecified atom stereocenters. The maximum atomic E-state index is 11.3. The minimum Gasteiger partial charge on any atom is -0.351 e. The third-order valence-corrected chi connectivity index (χ3v) is 3.86. The number of carbonyl (C=O) groups is 1. The summed E-state index contributed by atoms with van der Waals surface area (Å²) in [6, 6.07) is 4.10. The average molecular weight is 306 g/mol. The van der Waals surface area contributed by atoms with Crippen molar-refractivity contribution in [3.05, 3.63) is 33.5 Å². The number of thiophene rings is 1. The zero-order valence-electron chi connectivity index (χ0n) is 8.16. The first-order valence-electron chi connectivity index (χ1n) is 4.38. The highest BCUT2D eigenvalue weighted by molar-refractivity contribution is 9.11. The van der Waals surface area contributed by atoms with Gasteiger partial charge in [0.15, 0.2) is 0 Å². The molecule has 1 heterocycles. The lowest BCUT2D eigenvalue weighted by atomic mass is 10.5. The number of hydrogen-bond donors (Lipinski definition) is 1. The van der Waals surface area contributed by atoms with Gasteiger partial charge in [-0.3, -0.25) is 4.79 Å². The topological polar surface area (TPSA) is 29.1 Å². The summed E-state index contributed by atoms with van der Waals surface area (Å²) in [4.78, 5) is 12.6. The van der Waals surface area contributed by atoms with Gasteiger partial charge in [-0.15, -0.1) is 23.1 Å². The summed E-state index contributed by atoms with van der Waals surface area (Å²) >= 11 is 6.53. The standard InChI is InChI=1S/C10H12BrNOS2/c1-8(11)5-12-10(13)7-14-6-9-3-2-4-15-9/h2-4H,1,5-7H2,(H,12,13). The largest absolute Gasteiger partial charge is 0.351 e. The molecule has 1 amide bonds. The van der Waals surface area contributed by atoms with Crippen LogP contribution in [-0.4, -0.2) is 18.2 Å². The van der Waals surface area contributed by atoms with E-state index in [0.717, 1.165) is 10.2 Å². The van der Waals surface area contributed by atoms with Crippen molar-refractivity contribution in [1.82, 2.24) is 5.32 Å². The maximum Gasteiger partial charge on any atom is 0.230 e. The molecule has 5 heteroatoms. The number of hydrogen-bond acceptors (Lipinski definition) is 3. The van der Waals surface area contributed by atoms with Crippen LogP contribution in [0.3, 0.4) is 0 Å². The predicted molar refractivity (Wildman–Crippen MR) is 71.6 cm³/mol. The fourth-order valence-corrected chi connectivity index (χ4v) is 2.72. The zero-order valence-corrected chi connectivity index (χ0v) is 11.4. The maximum absolute atomic E-state index is 11.3. The molecule has 0 saturated carbocycles. The Morgan fingerprint density at radius 2 is 2.47 bits per heavy atom. The Kier molecular flexibility index (Phi) is 6.05. The van der Waals surface area contributed by atoms with Crippen molar-refractivity contribution in [2.24, 2.45) is 0 Å². The van der Waals surface area contributed by atoms with E-state index in [4.69, 9.17) is 0 Å². The van der Waals surface area contributed by atoms with Crippen LogP contribution in [0, 0.1) is 0 Å². The summed E-state index contributed by atoms with van der Waals surface area (Å²) < 4.78 is 0.791. The van der Waals surface area contributed by atoms with Gasteiger partial charge in [-0.2, -0.15) is 0 Å². The summed E-state index contributed by atoms with van der Waals surface area (Å²) in [6.45, 7) is 4.14. The molecular weight excluding hydrogens is 294 g/mol. The Labute approximate surface area is 106 Å². The lowest BCUT2D eigenvalue weighted by Crippen LogP contribution is -2.26. The monoisotopic (exact) mass is 305 g/mol. The van der Waals surface area contributed by atoms with Crippen molar-refractivity contribution in [3.8, 4) is 0 Å². The van der Waals surface area contributed by atoms with E-state index in [1.54, 1.807) is 23.1 Å². The molecule has 1 N–H and O–H groups in total. The molecule has 0 aliphatic carbocycles. The van der Waals surface area contributed by atoms with E-state index in [0.29, 0.717) is 12.3 Å². The van der Waals surface area contributed by atoms with E-state index in [1.807, 2.05) is 11.4 Å². The molecule has 0 saturated heterocycles. The van der Waals surface area contributed by atoms with E-state index in [2.05, 4.69) is 33.9 Å². The highest BCUT2D eigenvalue weighted by Crippen LogP contribution is 2.16. The molecule has 0 aromatic carbocycles. The van der Waals surface area contributed by atoms with Gasteiger partial charge in [-0.25, -0.2) is 0 Å². The normalized spacial score (nSPS) is 9.93. The van der Waals surface area contributed by atoms with Gasteiger partial charge in [-0.05, 0) is 11.4 Å². The van der Waals surface area contributed by atoms with Crippen LogP contribution in [0.1, 0.15) is 4.88 Å². The van der Waals surface area contributed by atoms with Crippen LogP contribution >= 0.6 is 39.0 Å². The Bertz CT molecular complexity index is 324. The van der Waals surface area contributed by atoms with Gasteiger partial charge in [0.1, 0.15) is 0 Å². The second-order valence-corrected chi connectivity index (χ2v) is 6.01. The minimum absolute atomic E-state index is 0.0529. The SMILES string of the molecule is C=C(Br)CNC(=O)CSCc1cccs1. The number of nitrogens with one attached hydrogen (secondary N) is 1. The molecule has 0 spiro atoms. The van der Waals surface area contributed by atoms with Crippen LogP contribution in [0.4, 0.5) is 0 Å². The molecule has 0 aliphatic heterocycles. The summed E-state index contributed by atoms with van der Waals surface area (Å²) in [5, 5.41) is 4.81. The fourth-order valence-electron chi connectivity index (χ4n) is 0.885. The van der Waals surface area contributed by atoms with Crippen molar-refractivity contribution in [1.29, 1.82) is 0 Å². The Balaban J connectivity index is 2.09. The van der Waals surface area contributed by atoms with Crippen molar-refractivity contribution < 1.29 is 4.79 Å². The zero-order chi connectivity index (χ0) is 11.1. The van der Waals surface area contributed by atoms with E-state index in [-0.39, 0.29) is 5.91 Å². The summed E-state index contributed by atoms with van der Waals surface area (Å²) in [6.07, 6.45) is 0. The second kappa shape index (κ2) is 7.09. The number of carbonyl (C=O) groups excluding carboxylic acids is 1. The van der Waals surface area contributed by atoms with Gasteiger partial charge in [0.2, 0.25) is 5.91 Å². The molecule has 0 atom stereocenters. The lowest BCUT2D eigenvalue weighted by Gasteiger charge is -2.02. The molecule has 0 fully saturated rings. The van der Waals surface area contributed by atoms with E-state index in [9.17, 15) is 4.79 Å². The van der Waals surface area contributed by atoms with Crippen LogP contribution in [0.15, 0.2) is 28.6 Å². The van der Waals surface area contributed by atoms with E-state index in [1.165, 1.54) is 4.88 Å². The molecule has 15 heavy (non-hydrogen) atoms. The van der Waals surface area contributed by atoms with Gasteiger partial charge in [0.25, 0.3) is 0 Å². The molecule has 0 radical (unpaired) electrons. The summed E-state index contributed by atoms with van der Waals surface area (Å²) in [5.74, 6) is 1.45. The molecule has 1 aromatic heterocycles. The summed E-state index contributed by atoms with van der Waals surface area (Å²) in [5.41, 5.74) is 0. The molecule has 0 aliphatic rings. The van der Waals surface area contributed by atoms with Gasteiger partial charge >= 0.3 is 0 Å². The van der Waals surface area contributed by atoms with Gasteiger partial charge < -0.3 is 5.32 Å². The third kappa shape index (κ3) is 6.02. The molecular formula is C10H12BrNOS2. The number of rotatable bonds is 6.